The lowest BCUT2D eigenvalue weighted by Gasteiger charge is -2.21. The van der Waals surface area contributed by atoms with Crippen LogP contribution in [0.5, 0.6) is 0 Å². The second kappa shape index (κ2) is 4.24. The van der Waals surface area contributed by atoms with E-state index in [4.69, 9.17) is 4.74 Å². The van der Waals surface area contributed by atoms with Gasteiger partial charge in [-0.15, -0.1) is 0 Å². The molecule has 76 valence electrons. The van der Waals surface area contributed by atoms with E-state index in [0.29, 0.717) is 5.56 Å². The van der Waals surface area contributed by atoms with Crippen molar-refractivity contribution in [3.05, 3.63) is 35.9 Å². The maximum absolute atomic E-state index is 11.4. The summed E-state index contributed by atoms with van der Waals surface area (Å²) >= 11 is 0. The second-order valence-electron chi connectivity index (χ2n) is 3.16. The number of esters is 1. The van der Waals surface area contributed by atoms with E-state index in [-0.39, 0.29) is 6.61 Å². The summed E-state index contributed by atoms with van der Waals surface area (Å²) in [6.07, 6.45) is 0. The molecule has 0 aliphatic rings. The molecule has 3 nitrogen and oxygen atoms in total. The minimum absolute atomic E-state index is 0.266. The minimum atomic E-state index is -1.56. The van der Waals surface area contributed by atoms with Gasteiger partial charge < -0.3 is 9.84 Å². The van der Waals surface area contributed by atoms with Crippen LogP contribution in [0, 0.1) is 0 Å². The van der Waals surface area contributed by atoms with Crippen molar-refractivity contribution in [2.75, 3.05) is 6.61 Å². The van der Waals surface area contributed by atoms with Crippen molar-refractivity contribution in [3.8, 4) is 0 Å². The van der Waals surface area contributed by atoms with Gasteiger partial charge >= 0.3 is 5.97 Å². The van der Waals surface area contributed by atoms with E-state index < -0.39 is 11.6 Å². The average molecular weight is 194 g/mol. The summed E-state index contributed by atoms with van der Waals surface area (Å²) in [7, 11) is 0. The second-order valence-corrected chi connectivity index (χ2v) is 3.16. The van der Waals surface area contributed by atoms with Crippen molar-refractivity contribution in [1.82, 2.24) is 0 Å². The van der Waals surface area contributed by atoms with Crippen LogP contribution < -0.4 is 0 Å². The molecule has 0 saturated heterocycles. The lowest BCUT2D eigenvalue weighted by Crippen LogP contribution is -2.33. The molecule has 0 bridgehead atoms. The Kier molecular flexibility index (Phi) is 3.25. The molecule has 0 spiro atoms. The topological polar surface area (TPSA) is 46.5 Å². The molecule has 0 saturated carbocycles. The predicted molar refractivity (Wildman–Crippen MR) is 52.6 cm³/mol. The fourth-order valence-corrected chi connectivity index (χ4v) is 1.15. The molecule has 0 heterocycles. The smallest absolute Gasteiger partial charge is 0.342 e. The number of ether oxygens (including phenoxy) is 1. The van der Waals surface area contributed by atoms with Gasteiger partial charge in [0.2, 0.25) is 0 Å². The molecule has 1 N–H and O–H groups in total. The zero-order valence-electron chi connectivity index (χ0n) is 8.36. The maximum Gasteiger partial charge on any atom is 0.342 e. The van der Waals surface area contributed by atoms with Crippen molar-refractivity contribution in [1.29, 1.82) is 0 Å². The minimum Gasteiger partial charge on any atom is -0.464 e. The third-order valence-electron chi connectivity index (χ3n) is 2.01. The standard InChI is InChI=1S/C11H14O3/c1-3-14-10(12)11(2,13)9-7-5-4-6-8-9/h4-8,13H,3H2,1-2H3/t11-/m0/s1. The van der Waals surface area contributed by atoms with Gasteiger partial charge in [0.1, 0.15) is 0 Å². The number of rotatable bonds is 3. The Bertz CT molecular complexity index is 304. The highest BCUT2D eigenvalue weighted by Gasteiger charge is 2.33. The Labute approximate surface area is 83.3 Å². The molecule has 1 aromatic rings. The first-order valence-electron chi connectivity index (χ1n) is 4.54. The first-order valence-corrected chi connectivity index (χ1v) is 4.54. The van der Waals surface area contributed by atoms with Crippen molar-refractivity contribution in [2.24, 2.45) is 0 Å². The zero-order chi connectivity index (χ0) is 10.6. The van der Waals surface area contributed by atoms with E-state index in [1.807, 2.05) is 6.07 Å². The molecule has 3 heteroatoms. The van der Waals surface area contributed by atoms with Gasteiger partial charge in [-0.3, -0.25) is 0 Å². The molecular weight excluding hydrogens is 180 g/mol. The number of hydrogen-bond acceptors (Lipinski definition) is 3. The fraction of sp³-hybridized carbons (Fsp3) is 0.364. The quantitative estimate of drug-likeness (QED) is 0.741. The summed E-state index contributed by atoms with van der Waals surface area (Å²) in [5.41, 5.74) is -1.02. The van der Waals surface area contributed by atoms with Crippen LogP contribution in [-0.4, -0.2) is 17.7 Å². The Morgan fingerprint density at radius 1 is 1.43 bits per heavy atom. The van der Waals surface area contributed by atoms with Crippen LogP contribution >= 0.6 is 0 Å². The molecular formula is C11H14O3. The molecule has 1 rings (SSSR count). The van der Waals surface area contributed by atoms with Gasteiger partial charge in [-0.05, 0) is 19.4 Å². The highest BCUT2D eigenvalue weighted by Crippen LogP contribution is 2.21. The Morgan fingerprint density at radius 2 is 2.00 bits per heavy atom. The highest BCUT2D eigenvalue weighted by molar-refractivity contribution is 5.80. The Morgan fingerprint density at radius 3 is 2.50 bits per heavy atom. The molecule has 0 fully saturated rings. The normalized spacial score (nSPS) is 14.5. The first kappa shape index (κ1) is 10.7. The van der Waals surface area contributed by atoms with Crippen LogP contribution in [0.15, 0.2) is 30.3 Å². The van der Waals surface area contributed by atoms with Gasteiger partial charge in [0.05, 0.1) is 6.61 Å². The highest BCUT2D eigenvalue weighted by atomic mass is 16.5. The lowest BCUT2D eigenvalue weighted by atomic mass is 9.96. The summed E-state index contributed by atoms with van der Waals surface area (Å²) in [4.78, 5) is 11.4. The Hall–Kier alpha value is -1.35. The molecule has 0 amide bonds. The summed E-state index contributed by atoms with van der Waals surface area (Å²) < 4.78 is 4.77. The number of carbonyl (C=O) groups excluding carboxylic acids is 1. The molecule has 0 aliphatic carbocycles. The van der Waals surface area contributed by atoms with Gasteiger partial charge in [-0.25, -0.2) is 4.79 Å². The van der Waals surface area contributed by atoms with Gasteiger partial charge in [-0.1, -0.05) is 30.3 Å². The Balaban J connectivity index is 2.90. The van der Waals surface area contributed by atoms with Crippen LogP contribution in [-0.2, 0) is 15.1 Å². The van der Waals surface area contributed by atoms with Gasteiger partial charge in [0.15, 0.2) is 5.60 Å². The van der Waals surface area contributed by atoms with Crippen molar-refractivity contribution in [2.45, 2.75) is 19.4 Å². The van der Waals surface area contributed by atoms with E-state index in [1.54, 1.807) is 31.2 Å². The van der Waals surface area contributed by atoms with Crippen molar-refractivity contribution >= 4 is 5.97 Å². The summed E-state index contributed by atoms with van der Waals surface area (Å²) in [5.74, 6) is -0.619. The van der Waals surface area contributed by atoms with Gasteiger partial charge in [0, 0.05) is 0 Å². The molecule has 0 unspecified atom stereocenters. The number of benzene rings is 1. The molecule has 1 aromatic carbocycles. The number of aliphatic hydroxyl groups is 1. The van der Waals surface area contributed by atoms with E-state index in [0.717, 1.165) is 0 Å². The van der Waals surface area contributed by atoms with Gasteiger partial charge in [0.25, 0.3) is 0 Å². The van der Waals surface area contributed by atoms with Crippen molar-refractivity contribution < 1.29 is 14.6 Å². The summed E-state index contributed by atoms with van der Waals surface area (Å²) in [6.45, 7) is 3.40. The summed E-state index contributed by atoms with van der Waals surface area (Å²) in [6, 6.07) is 8.74. The predicted octanol–water partition coefficient (Wildman–Crippen LogP) is 1.46. The van der Waals surface area contributed by atoms with Crippen LogP contribution in [0.1, 0.15) is 19.4 Å². The van der Waals surface area contributed by atoms with Crippen LogP contribution in [0.4, 0.5) is 0 Å². The largest absolute Gasteiger partial charge is 0.464 e. The molecule has 1 atom stereocenters. The molecule has 0 aromatic heterocycles. The van der Waals surface area contributed by atoms with Crippen LogP contribution in [0.25, 0.3) is 0 Å². The van der Waals surface area contributed by atoms with E-state index in [9.17, 15) is 9.90 Å². The first-order chi connectivity index (χ1) is 6.59. The zero-order valence-corrected chi connectivity index (χ0v) is 8.36. The van der Waals surface area contributed by atoms with E-state index in [2.05, 4.69) is 0 Å². The molecule has 0 aliphatic heterocycles. The van der Waals surface area contributed by atoms with Crippen LogP contribution in [0.3, 0.4) is 0 Å². The number of carbonyl (C=O) groups is 1. The van der Waals surface area contributed by atoms with Crippen LogP contribution in [0.2, 0.25) is 0 Å². The third-order valence-corrected chi connectivity index (χ3v) is 2.01. The third kappa shape index (κ3) is 2.12. The SMILES string of the molecule is CCOC(=O)[C@@](C)(O)c1ccccc1. The maximum atomic E-state index is 11.4. The van der Waals surface area contributed by atoms with E-state index >= 15 is 0 Å². The van der Waals surface area contributed by atoms with Gasteiger partial charge in [-0.2, -0.15) is 0 Å². The monoisotopic (exact) mass is 194 g/mol. The van der Waals surface area contributed by atoms with Crippen molar-refractivity contribution in [3.63, 3.8) is 0 Å². The molecule has 0 radical (unpaired) electrons. The van der Waals surface area contributed by atoms with E-state index in [1.165, 1.54) is 6.92 Å². The molecule has 14 heavy (non-hydrogen) atoms. The lowest BCUT2D eigenvalue weighted by molar-refractivity contribution is -0.164. The number of hydrogen-bond donors (Lipinski definition) is 1. The fourth-order valence-electron chi connectivity index (χ4n) is 1.15. The average Bonchev–Trinajstić information content (AvgIpc) is 2.19. The summed E-state index contributed by atoms with van der Waals surface area (Å²) in [5, 5.41) is 9.91.